The third-order valence-electron chi connectivity index (χ3n) is 5.05. The fourth-order valence-electron chi connectivity index (χ4n) is 3.85. The second kappa shape index (κ2) is 6.55. The van der Waals surface area contributed by atoms with Gasteiger partial charge in [-0.05, 0) is 31.5 Å². The fraction of sp³-hybridized carbons (Fsp3) is 0.556. The summed E-state index contributed by atoms with van der Waals surface area (Å²) in [5, 5.41) is 0. The molecule has 25 heavy (non-hydrogen) atoms. The van der Waals surface area contributed by atoms with Crippen LogP contribution in [0.2, 0.25) is 0 Å². The van der Waals surface area contributed by atoms with E-state index in [0.717, 1.165) is 37.4 Å². The summed E-state index contributed by atoms with van der Waals surface area (Å²) >= 11 is 0. The number of benzene rings is 1. The Bertz CT molecular complexity index is 680. The van der Waals surface area contributed by atoms with Crippen molar-refractivity contribution in [2.24, 2.45) is 0 Å². The standard InChI is InChI=1S/C18H23N3O4/c1-19-11-17(22)21(18(19)23)13-5-4-8-20(9-13)10-14-12-24-15-6-2-3-7-16(15)25-14/h2-3,6-7,13-14H,4-5,8-12H2,1H3. The highest BCUT2D eigenvalue weighted by Gasteiger charge is 2.40. The van der Waals surface area contributed by atoms with Gasteiger partial charge in [-0.25, -0.2) is 4.79 Å². The molecular weight excluding hydrogens is 322 g/mol. The fourth-order valence-corrected chi connectivity index (χ4v) is 3.85. The van der Waals surface area contributed by atoms with Gasteiger partial charge >= 0.3 is 6.03 Å². The number of piperidine rings is 1. The summed E-state index contributed by atoms with van der Waals surface area (Å²) in [4.78, 5) is 29.5. The summed E-state index contributed by atoms with van der Waals surface area (Å²) in [6, 6.07) is 7.46. The van der Waals surface area contributed by atoms with Crippen molar-refractivity contribution in [1.82, 2.24) is 14.7 Å². The second-order valence-electron chi connectivity index (χ2n) is 6.96. The van der Waals surface area contributed by atoms with Crippen LogP contribution in [0.5, 0.6) is 11.5 Å². The number of ether oxygens (including phenoxy) is 2. The molecule has 2 atom stereocenters. The van der Waals surface area contributed by atoms with Crippen molar-refractivity contribution in [3.05, 3.63) is 24.3 Å². The van der Waals surface area contributed by atoms with Gasteiger partial charge in [-0.15, -0.1) is 0 Å². The number of hydrogen-bond acceptors (Lipinski definition) is 5. The molecule has 2 unspecified atom stereocenters. The first-order chi connectivity index (χ1) is 12.1. The highest BCUT2D eigenvalue weighted by atomic mass is 16.6. The number of carbonyl (C=O) groups excluding carboxylic acids is 2. The quantitative estimate of drug-likeness (QED) is 0.770. The van der Waals surface area contributed by atoms with Crippen molar-refractivity contribution in [2.75, 3.05) is 39.8 Å². The van der Waals surface area contributed by atoms with Crippen LogP contribution in [0.4, 0.5) is 4.79 Å². The van der Waals surface area contributed by atoms with Gasteiger partial charge in [0, 0.05) is 20.1 Å². The second-order valence-corrected chi connectivity index (χ2v) is 6.96. The van der Waals surface area contributed by atoms with Crippen molar-refractivity contribution >= 4 is 11.9 Å². The maximum absolute atomic E-state index is 12.2. The Morgan fingerprint density at radius 2 is 2.00 bits per heavy atom. The maximum atomic E-state index is 12.2. The molecule has 3 aliphatic rings. The predicted molar refractivity (Wildman–Crippen MR) is 90.7 cm³/mol. The minimum atomic E-state index is -0.178. The average molecular weight is 345 g/mol. The number of urea groups is 1. The molecule has 0 aliphatic carbocycles. The zero-order chi connectivity index (χ0) is 17.4. The van der Waals surface area contributed by atoms with Gasteiger partial charge in [0.25, 0.3) is 5.91 Å². The highest BCUT2D eigenvalue weighted by Crippen LogP contribution is 2.31. The smallest absolute Gasteiger partial charge is 0.327 e. The number of hydrogen-bond donors (Lipinski definition) is 0. The molecule has 2 saturated heterocycles. The van der Waals surface area contributed by atoms with Crippen LogP contribution < -0.4 is 9.47 Å². The van der Waals surface area contributed by atoms with E-state index in [4.69, 9.17) is 9.47 Å². The highest BCUT2D eigenvalue weighted by molar-refractivity contribution is 6.02. The molecule has 7 nitrogen and oxygen atoms in total. The lowest BCUT2D eigenvalue weighted by atomic mass is 10.0. The van der Waals surface area contributed by atoms with E-state index in [0.29, 0.717) is 13.2 Å². The van der Waals surface area contributed by atoms with Crippen LogP contribution in [0.3, 0.4) is 0 Å². The molecular formula is C18H23N3O4. The molecule has 1 aromatic carbocycles. The lowest BCUT2D eigenvalue weighted by Gasteiger charge is -2.38. The van der Waals surface area contributed by atoms with E-state index < -0.39 is 0 Å². The van der Waals surface area contributed by atoms with E-state index in [-0.39, 0.29) is 30.6 Å². The maximum Gasteiger partial charge on any atom is 0.327 e. The molecule has 2 fully saturated rings. The third-order valence-corrected chi connectivity index (χ3v) is 5.05. The van der Waals surface area contributed by atoms with Gasteiger partial charge in [0.05, 0.1) is 6.04 Å². The number of likely N-dealkylation sites (N-methyl/N-ethyl adjacent to an activating group) is 1. The van der Waals surface area contributed by atoms with E-state index in [9.17, 15) is 9.59 Å². The Hall–Kier alpha value is -2.28. The Kier molecular flexibility index (Phi) is 4.25. The Balaban J connectivity index is 1.38. The van der Waals surface area contributed by atoms with Crippen LogP contribution in [0, 0.1) is 0 Å². The number of amides is 3. The zero-order valence-corrected chi connectivity index (χ0v) is 14.4. The monoisotopic (exact) mass is 345 g/mol. The first-order valence-corrected chi connectivity index (χ1v) is 8.80. The Morgan fingerprint density at radius 1 is 1.20 bits per heavy atom. The van der Waals surface area contributed by atoms with Gasteiger partial charge in [-0.2, -0.15) is 0 Å². The van der Waals surface area contributed by atoms with Crippen LogP contribution in [0.25, 0.3) is 0 Å². The summed E-state index contributed by atoms with van der Waals surface area (Å²) < 4.78 is 11.8. The molecule has 0 saturated carbocycles. The van der Waals surface area contributed by atoms with E-state index in [1.165, 1.54) is 9.80 Å². The minimum absolute atomic E-state index is 0.0405. The molecule has 3 heterocycles. The van der Waals surface area contributed by atoms with Crippen molar-refractivity contribution in [3.63, 3.8) is 0 Å². The van der Waals surface area contributed by atoms with E-state index in [1.807, 2.05) is 24.3 Å². The van der Waals surface area contributed by atoms with Crippen molar-refractivity contribution < 1.29 is 19.1 Å². The number of fused-ring (bicyclic) bond motifs is 1. The largest absolute Gasteiger partial charge is 0.486 e. The normalized spacial score (nSPS) is 27.1. The number of rotatable bonds is 3. The van der Waals surface area contributed by atoms with Crippen LogP contribution in [-0.2, 0) is 4.79 Å². The summed E-state index contributed by atoms with van der Waals surface area (Å²) in [6.45, 7) is 3.09. The van der Waals surface area contributed by atoms with Gasteiger partial charge < -0.3 is 14.4 Å². The van der Waals surface area contributed by atoms with Crippen molar-refractivity contribution in [1.29, 1.82) is 0 Å². The summed E-state index contributed by atoms with van der Waals surface area (Å²) in [5.41, 5.74) is 0. The molecule has 0 bridgehead atoms. The summed E-state index contributed by atoms with van der Waals surface area (Å²) in [6.07, 6.45) is 1.80. The molecule has 1 aromatic rings. The van der Waals surface area contributed by atoms with Crippen molar-refractivity contribution in [3.8, 4) is 11.5 Å². The molecule has 0 spiro atoms. The Labute approximate surface area is 147 Å². The molecule has 0 aromatic heterocycles. The lowest BCUT2D eigenvalue weighted by Crippen LogP contribution is -2.53. The number of carbonyl (C=O) groups is 2. The molecule has 4 rings (SSSR count). The van der Waals surface area contributed by atoms with Gasteiger partial charge in [-0.1, -0.05) is 12.1 Å². The van der Waals surface area contributed by atoms with Gasteiger partial charge in [0.2, 0.25) is 0 Å². The summed E-state index contributed by atoms with van der Waals surface area (Å²) in [5.74, 6) is 1.47. The SMILES string of the molecule is CN1CC(=O)N(C2CCCN(CC3COc4ccccc4O3)C2)C1=O. The number of nitrogens with zero attached hydrogens (tertiary/aromatic N) is 3. The van der Waals surface area contributed by atoms with Crippen LogP contribution in [-0.4, -0.2) is 78.6 Å². The first-order valence-electron chi connectivity index (χ1n) is 8.80. The number of imide groups is 1. The Morgan fingerprint density at radius 3 is 2.76 bits per heavy atom. The molecule has 7 heteroatoms. The first kappa shape index (κ1) is 16.2. The van der Waals surface area contributed by atoms with Crippen LogP contribution in [0.1, 0.15) is 12.8 Å². The van der Waals surface area contributed by atoms with Gasteiger partial charge in [0.15, 0.2) is 11.5 Å². The lowest BCUT2D eigenvalue weighted by molar-refractivity contribution is -0.127. The zero-order valence-electron chi connectivity index (χ0n) is 14.4. The van der Waals surface area contributed by atoms with Crippen LogP contribution in [0.15, 0.2) is 24.3 Å². The van der Waals surface area contributed by atoms with E-state index in [1.54, 1.807) is 7.05 Å². The molecule has 3 amide bonds. The minimum Gasteiger partial charge on any atom is -0.486 e. The van der Waals surface area contributed by atoms with Gasteiger partial charge in [-0.3, -0.25) is 14.6 Å². The summed E-state index contributed by atoms with van der Waals surface area (Å²) in [7, 11) is 1.67. The number of para-hydroxylation sites is 2. The third kappa shape index (κ3) is 3.16. The topological polar surface area (TPSA) is 62.3 Å². The predicted octanol–water partition coefficient (Wildman–Crippen LogP) is 1.18. The van der Waals surface area contributed by atoms with Gasteiger partial charge in [0.1, 0.15) is 19.3 Å². The van der Waals surface area contributed by atoms with E-state index >= 15 is 0 Å². The molecule has 134 valence electrons. The van der Waals surface area contributed by atoms with Crippen molar-refractivity contribution in [2.45, 2.75) is 25.0 Å². The molecule has 0 N–H and O–H groups in total. The van der Waals surface area contributed by atoms with Crippen LogP contribution >= 0.6 is 0 Å². The van der Waals surface area contributed by atoms with E-state index in [2.05, 4.69) is 4.90 Å². The number of likely N-dealkylation sites (tertiary alicyclic amines) is 1. The molecule has 0 radical (unpaired) electrons. The molecule has 3 aliphatic heterocycles. The average Bonchev–Trinajstić information content (AvgIpc) is 2.87.